The quantitative estimate of drug-likeness (QED) is 0.641. The highest BCUT2D eigenvalue weighted by Gasteiger charge is 2.17. The fraction of sp³-hybridized carbons (Fsp3) is 0.111. The van der Waals surface area contributed by atoms with Crippen molar-refractivity contribution in [3.8, 4) is 11.8 Å². The van der Waals surface area contributed by atoms with Crippen LogP contribution >= 0.6 is 15.9 Å². The molecular weight excluding hydrogens is 292 g/mol. The molecule has 0 radical (unpaired) electrons. The molecule has 2 rings (SSSR count). The second kappa shape index (κ2) is 4.50. The Morgan fingerprint density at radius 1 is 1.53 bits per heavy atom. The van der Waals surface area contributed by atoms with E-state index in [4.69, 9.17) is 4.74 Å². The molecule has 0 N–H and O–H groups in total. The fourth-order valence-electron chi connectivity index (χ4n) is 1.18. The number of aromatic nitrogens is 3. The lowest BCUT2D eigenvalue weighted by Crippen LogP contribution is -1.95. The number of rotatable bonds is 3. The van der Waals surface area contributed by atoms with E-state index in [1.54, 1.807) is 13.1 Å². The molecule has 0 fully saturated rings. The summed E-state index contributed by atoms with van der Waals surface area (Å²) in [6, 6.07) is 4.56. The summed E-state index contributed by atoms with van der Waals surface area (Å²) in [5.74, 6) is 0.101. The maximum atomic E-state index is 10.8. The lowest BCUT2D eigenvalue weighted by molar-refractivity contribution is -0.385. The third-order valence-corrected chi connectivity index (χ3v) is 2.39. The van der Waals surface area contributed by atoms with Crippen LogP contribution in [0.5, 0.6) is 11.8 Å². The van der Waals surface area contributed by atoms with Gasteiger partial charge in [-0.3, -0.25) is 14.8 Å². The van der Waals surface area contributed by atoms with Crippen molar-refractivity contribution in [3.05, 3.63) is 39.1 Å². The minimum absolute atomic E-state index is 0.0675. The van der Waals surface area contributed by atoms with Crippen LogP contribution in [0.2, 0.25) is 0 Å². The molecule has 88 valence electrons. The standard InChI is InChI=1S/C9H7BrN4O3/c1-13-5-11-9(12-13)17-8-3-2-6(10)4-7(8)14(15)16/h2-5H,1H3. The molecule has 1 aromatic heterocycles. The van der Waals surface area contributed by atoms with Gasteiger partial charge in [-0.25, -0.2) is 0 Å². The normalized spacial score (nSPS) is 10.2. The summed E-state index contributed by atoms with van der Waals surface area (Å²) in [6.07, 6.45) is 1.44. The number of ether oxygens (including phenoxy) is 1. The first-order chi connectivity index (χ1) is 8.06. The van der Waals surface area contributed by atoms with Crippen molar-refractivity contribution < 1.29 is 9.66 Å². The zero-order valence-electron chi connectivity index (χ0n) is 8.70. The third-order valence-electron chi connectivity index (χ3n) is 1.90. The molecule has 0 saturated carbocycles. The van der Waals surface area contributed by atoms with Gasteiger partial charge in [0.1, 0.15) is 6.33 Å². The van der Waals surface area contributed by atoms with Crippen LogP contribution in [0.3, 0.4) is 0 Å². The summed E-state index contributed by atoms with van der Waals surface area (Å²) >= 11 is 3.16. The number of nitro benzene ring substituents is 1. The van der Waals surface area contributed by atoms with Gasteiger partial charge in [0.25, 0.3) is 0 Å². The highest BCUT2D eigenvalue weighted by Crippen LogP contribution is 2.32. The molecule has 1 heterocycles. The molecule has 0 bridgehead atoms. The average molecular weight is 299 g/mol. The Morgan fingerprint density at radius 2 is 2.29 bits per heavy atom. The minimum Gasteiger partial charge on any atom is -0.416 e. The number of aryl methyl sites for hydroxylation is 1. The van der Waals surface area contributed by atoms with Gasteiger partial charge in [0.05, 0.1) is 4.92 Å². The molecule has 0 aliphatic rings. The molecule has 2 aromatic rings. The van der Waals surface area contributed by atoms with Gasteiger partial charge in [-0.1, -0.05) is 15.9 Å². The second-order valence-corrected chi connectivity index (χ2v) is 4.09. The molecule has 8 heteroatoms. The summed E-state index contributed by atoms with van der Waals surface area (Å²) < 4.78 is 7.29. The van der Waals surface area contributed by atoms with Crippen molar-refractivity contribution in [2.75, 3.05) is 0 Å². The smallest absolute Gasteiger partial charge is 0.341 e. The molecule has 0 atom stereocenters. The predicted octanol–water partition coefficient (Wildman–Crippen LogP) is 2.28. The lowest BCUT2D eigenvalue weighted by atomic mass is 10.3. The van der Waals surface area contributed by atoms with E-state index in [0.29, 0.717) is 4.47 Å². The number of benzene rings is 1. The molecule has 0 saturated heterocycles. The number of nitro groups is 1. The Labute approximate surface area is 104 Å². The van der Waals surface area contributed by atoms with Crippen molar-refractivity contribution in [2.24, 2.45) is 7.05 Å². The molecule has 0 aliphatic heterocycles. The Hall–Kier alpha value is -1.96. The van der Waals surface area contributed by atoms with Crippen molar-refractivity contribution in [1.29, 1.82) is 0 Å². The van der Waals surface area contributed by atoms with E-state index in [9.17, 15) is 10.1 Å². The van der Waals surface area contributed by atoms with Crippen LogP contribution in [0.15, 0.2) is 29.0 Å². The average Bonchev–Trinajstić information content (AvgIpc) is 2.66. The number of nitrogens with zero attached hydrogens (tertiary/aromatic N) is 4. The summed E-state index contributed by atoms with van der Waals surface area (Å²) in [5, 5.41) is 14.7. The van der Waals surface area contributed by atoms with Gasteiger partial charge in [0, 0.05) is 17.6 Å². The number of halogens is 1. The molecule has 1 aromatic carbocycles. The van der Waals surface area contributed by atoms with E-state index >= 15 is 0 Å². The highest BCUT2D eigenvalue weighted by atomic mass is 79.9. The molecular formula is C9H7BrN4O3. The van der Waals surface area contributed by atoms with E-state index in [-0.39, 0.29) is 17.4 Å². The maximum Gasteiger partial charge on any atom is 0.341 e. The third kappa shape index (κ3) is 2.59. The number of hydrogen-bond acceptors (Lipinski definition) is 5. The van der Waals surface area contributed by atoms with Crippen LogP contribution in [-0.4, -0.2) is 19.7 Å². The Kier molecular flexibility index (Phi) is 3.05. The van der Waals surface area contributed by atoms with Gasteiger partial charge in [-0.15, -0.1) is 5.10 Å². The van der Waals surface area contributed by atoms with Crippen molar-refractivity contribution in [1.82, 2.24) is 14.8 Å². The molecule has 0 spiro atoms. The van der Waals surface area contributed by atoms with Crippen LogP contribution in [0, 0.1) is 10.1 Å². The Balaban J connectivity index is 2.35. The van der Waals surface area contributed by atoms with Crippen molar-refractivity contribution in [3.63, 3.8) is 0 Å². The van der Waals surface area contributed by atoms with Crippen LogP contribution in [0.25, 0.3) is 0 Å². The summed E-state index contributed by atoms with van der Waals surface area (Å²) in [5.41, 5.74) is -0.146. The Bertz CT molecular complexity index is 569. The zero-order valence-corrected chi connectivity index (χ0v) is 10.3. The summed E-state index contributed by atoms with van der Waals surface area (Å²) in [7, 11) is 1.68. The van der Waals surface area contributed by atoms with Gasteiger partial charge < -0.3 is 4.74 Å². The SMILES string of the molecule is Cn1cnc(Oc2ccc(Br)cc2[N+](=O)[O-])n1. The van der Waals surface area contributed by atoms with Crippen molar-refractivity contribution in [2.45, 2.75) is 0 Å². The molecule has 7 nitrogen and oxygen atoms in total. The van der Waals surface area contributed by atoms with Crippen LogP contribution in [0.1, 0.15) is 0 Å². The fourth-order valence-corrected chi connectivity index (χ4v) is 1.53. The topological polar surface area (TPSA) is 83.1 Å². The van der Waals surface area contributed by atoms with E-state index in [0.717, 1.165) is 0 Å². The van der Waals surface area contributed by atoms with E-state index in [2.05, 4.69) is 26.0 Å². The van der Waals surface area contributed by atoms with E-state index in [1.165, 1.54) is 23.1 Å². The first-order valence-corrected chi connectivity index (χ1v) is 5.33. The van der Waals surface area contributed by atoms with Crippen LogP contribution in [-0.2, 0) is 7.05 Å². The zero-order chi connectivity index (χ0) is 12.4. The van der Waals surface area contributed by atoms with Crippen molar-refractivity contribution >= 4 is 21.6 Å². The lowest BCUT2D eigenvalue weighted by Gasteiger charge is -2.02. The predicted molar refractivity (Wildman–Crippen MR) is 61.9 cm³/mol. The second-order valence-electron chi connectivity index (χ2n) is 3.17. The Morgan fingerprint density at radius 3 is 2.88 bits per heavy atom. The van der Waals surface area contributed by atoms with Gasteiger partial charge >= 0.3 is 11.7 Å². The first-order valence-electron chi connectivity index (χ1n) is 4.53. The van der Waals surface area contributed by atoms with Gasteiger partial charge in [-0.2, -0.15) is 4.98 Å². The van der Waals surface area contributed by atoms with Gasteiger partial charge in [-0.05, 0) is 12.1 Å². The molecule has 0 aliphatic carbocycles. The molecule has 0 amide bonds. The molecule has 17 heavy (non-hydrogen) atoms. The largest absolute Gasteiger partial charge is 0.416 e. The highest BCUT2D eigenvalue weighted by molar-refractivity contribution is 9.10. The minimum atomic E-state index is -0.525. The van der Waals surface area contributed by atoms with Gasteiger partial charge in [0.2, 0.25) is 5.75 Å². The van der Waals surface area contributed by atoms with E-state index in [1.807, 2.05) is 0 Å². The maximum absolute atomic E-state index is 10.8. The van der Waals surface area contributed by atoms with E-state index < -0.39 is 4.92 Å². The monoisotopic (exact) mass is 298 g/mol. The summed E-state index contributed by atoms with van der Waals surface area (Å²) in [6.45, 7) is 0. The van der Waals surface area contributed by atoms with Crippen LogP contribution < -0.4 is 4.74 Å². The summed E-state index contributed by atoms with van der Waals surface area (Å²) in [4.78, 5) is 14.1. The van der Waals surface area contributed by atoms with Crippen LogP contribution in [0.4, 0.5) is 5.69 Å². The van der Waals surface area contributed by atoms with Gasteiger partial charge in [0.15, 0.2) is 0 Å². The first kappa shape index (κ1) is 11.5. The molecule has 0 unspecified atom stereocenters. The number of hydrogen-bond donors (Lipinski definition) is 0.